The van der Waals surface area contributed by atoms with Crippen LogP contribution < -0.4 is 10.6 Å². The normalized spacial score (nSPS) is 9.73. The van der Waals surface area contributed by atoms with Gasteiger partial charge in [0.15, 0.2) is 6.61 Å². The molecule has 0 aliphatic heterocycles. The molecule has 0 heterocycles. The van der Waals surface area contributed by atoms with E-state index in [0.29, 0.717) is 11.3 Å². The van der Waals surface area contributed by atoms with Crippen LogP contribution in [-0.2, 0) is 25.6 Å². The first-order valence-electron chi connectivity index (χ1n) is 8.81. The van der Waals surface area contributed by atoms with E-state index in [1.165, 1.54) is 31.4 Å². The first-order valence-corrected chi connectivity index (χ1v) is 8.81. The summed E-state index contributed by atoms with van der Waals surface area (Å²) < 4.78 is 9.57. The van der Waals surface area contributed by atoms with E-state index in [0.717, 1.165) is 5.56 Å². The van der Waals surface area contributed by atoms with Crippen molar-refractivity contribution in [1.82, 2.24) is 5.32 Å². The smallest absolute Gasteiger partial charge is 0.338 e. The van der Waals surface area contributed by atoms with Gasteiger partial charge in [0.2, 0.25) is 5.91 Å². The molecule has 0 aliphatic rings. The number of amides is 2. The summed E-state index contributed by atoms with van der Waals surface area (Å²) in [6, 6.07) is 14.1. The van der Waals surface area contributed by atoms with Gasteiger partial charge < -0.3 is 20.1 Å². The van der Waals surface area contributed by atoms with E-state index in [4.69, 9.17) is 10.00 Å². The lowest BCUT2D eigenvalue weighted by atomic mass is 10.1. The van der Waals surface area contributed by atoms with Gasteiger partial charge in [-0.1, -0.05) is 12.1 Å². The maximum atomic E-state index is 12.0. The molecule has 2 amide bonds. The Bertz CT molecular complexity index is 962. The van der Waals surface area contributed by atoms with E-state index in [1.807, 2.05) is 0 Å². The summed E-state index contributed by atoms with van der Waals surface area (Å²) in [5, 5.41) is 13.6. The zero-order valence-electron chi connectivity index (χ0n) is 16.1. The minimum atomic E-state index is -0.692. The van der Waals surface area contributed by atoms with Crippen LogP contribution in [0.3, 0.4) is 0 Å². The molecule has 0 fully saturated rings. The van der Waals surface area contributed by atoms with Crippen LogP contribution in [0.25, 0.3) is 0 Å². The van der Waals surface area contributed by atoms with Gasteiger partial charge in [-0.05, 0) is 42.0 Å². The van der Waals surface area contributed by atoms with Crippen molar-refractivity contribution in [2.24, 2.45) is 0 Å². The predicted molar refractivity (Wildman–Crippen MR) is 105 cm³/mol. The SMILES string of the molecule is COC(=O)c1ccc(CNC(=O)COC(=O)c2ccc(NC(=O)CC#N)cc2)cc1. The van der Waals surface area contributed by atoms with Gasteiger partial charge in [-0.15, -0.1) is 0 Å². The maximum Gasteiger partial charge on any atom is 0.338 e. The van der Waals surface area contributed by atoms with E-state index in [9.17, 15) is 19.2 Å². The van der Waals surface area contributed by atoms with Gasteiger partial charge in [0.25, 0.3) is 5.91 Å². The van der Waals surface area contributed by atoms with Crippen molar-refractivity contribution in [2.45, 2.75) is 13.0 Å². The number of carbonyl (C=O) groups excluding carboxylic acids is 4. The number of methoxy groups -OCH3 is 1. The fraction of sp³-hybridized carbons (Fsp3) is 0.190. The Morgan fingerprint density at radius 3 is 2.10 bits per heavy atom. The second kappa shape index (κ2) is 11.0. The fourth-order valence-corrected chi connectivity index (χ4v) is 2.31. The lowest BCUT2D eigenvalue weighted by Crippen LogP contribution is -2.28. The maximum absolute atomic E-state index is 12.0. The van der Waals surface area contributed by atoms with Crippen molar-refractivity contribution >= 4 is 29.4 Å². The third-order valence-electron chi connectivity index (χ3n) is 3.84. The van der Waals surface area contributed by atoms with Gasteiger partial charge in [-0.3, -0.25) is 9.59 Å². The highest BCUT2D eigenvalue weighted by molar-refractivity contribution is 5.94. The standard InChI is InChI=1S/C21H19N3O6/c1-29-20(27)15-4-2-14(3-5-15)12-23-19(26)13-30-21(28)16-6-8-17(9-7-16)24-18(25)10-11-22/h2-9H,10,12-13H2,1H3,(H,23,26)(H,24,25). The van der Waals surface area contributed by atoms with E-state index in [-0.39, 0.29) is 18.5 Å². The van der Waals surface area contributed by atoms with Crippen molar-refractivity contribution in [3.8, 4) is 6.07 Å². The van der Waals surface area contributed by atoms with Crippen molar-refractivity contribution in [3.63, 3.8) is 0 Å². The molecule has 0 atom stereocenters. The molecule has 30 heavy (non-hydrogen) atoms. The molecule has 0 saturated carbocycles. The highest BCUT2D eigenvalue weighted by Gasteiger charge is 2.11. The molecule has 0 bridgehead atoms. The molecule has 9 nitrogen and oxygen atoms in total. The van der Waals surface area contributed by atoms with Crippen LogP contribution in [0, 0.1) is 11.3 Å². The largest absolute Gasteiger partial charge is 0.465 e. The Kier molecular flexibility index (Phi) is 8.08. The average Bonchev–Trinajstić information content (AvgIpc) is 2.76. The van der Waals surface area contributed by atoms with Crippen molar-refractivity contribution < 1.29 is 28.7 Å². The first-order chi connectivity index (χ1) is 14.4. The van der Waals surface area contributed by atoms with Crippen LogP contribution >= 0.6 is 0 Å². The summed E-state index contributed by atoms with van der Waals surface area (Å²) in [6.45, 7) is -0.255. The number of carbonyl (C=O) groups is 4. The number of ether oxygens (including phenoxy) is 2. The summed E-state index contributed by atoms with van der Waals surface area (Å²) in [7, 11) is 1.29. The Labute approximate surface area is 172 Å². The van der Waals surface area contributed by atoms with Crippen LogP contribution in [0.1, 0.15) is 32.7 Å². The molecule has 154 valence electrons. The number of rotatable bonds is 8. The minimum Gasteiger partial charge on any atom is -0.465 e. The molecular formula is C21H19N3O6. The predicted octanol–water partition coefficient (Wildman–Crippen LogP) is 1.80. The first kappa shape index (κ1) is 22.1. The van der Waals surface area contributed by atoms with E-state index < -0.39 is 30.4 Å². The number of hydrogen-bond acceptors (Lipinski definition) is 7. The number of hydrogen-bond donors (Lipinski definition) is 2. The van der Waals surface area contributed by atoms with Gasteiger partial charge in [0.1, 0.15) is 6.42 Å². The van der Waals surface area contributed by atoms with E-state index in [2.05, 4.69) is 15.4 Å². The monoisotopic (exact) mass is 409 g/mol. The highest BCUT2D eigenvalue weighted by atomic mass is 16.5. The summed E-state index contributed by atoms with van der Waals surface area (Å²) in [6.07, 6.45) is -0.270. The van der Waals surface area contributed by atoms with Crippen molar-refractivity contribution in [2.75, 3.05) is 19.0 Å². The quantitative estimate of drug-likeness (QED) is 0.635. The number of anilines is 1. The molecule has 0 spiro atoms. The summed E-state index contributed by atoms with van der Waals surface area (Å²) in [5.41, 5.74) is 1.80. The van der Waals surface area contributed by atoms with Gasteiger partial charge in [0.05, 0.1) is 24.3 Å². The molecule has 0 radical (unpaired) electrons. The molecule has 2 aromatic rings. The third-order valence-corrected chi connectivity index (χ3v) is 3.84. The van der Waals surface area contributed by atoms with E-state index >= 15 is 0 Å². The van der Waals surface area contributed by atoms with Crippen LogP contribution in [0.5, 0.6) is 0 Å². The zero-order chi connectivity index (χ0) is 21.9. The Balaban J connectivity index is 1.77. The van der Waals surface area contributed by atoms with Crippen LogP contribution in [-0.4, -0.2) is 37.5 Å². The van der Waals surface area contributed by atoms with Gasteiger partial charge in [-0.2, -0.15) is 5.26 Å². The Morgan fingerprint density at radius 2 is 1.50 bits per heavy atom. The van der Waals surface area contributed by atoms with Crippen molar-refractivity contribution in [3.05, 3.63) is 65.2 Å². The number of esters is 2. The third kappa shape index (κ3) is 6.76. The number of benzene rings is 2. The van der Waals surface area contributed by atoms with Gasteiger partial charge >= 0.3 is 11.9 Å². The lowest BCUT2D eigenvalue weighted by Gasteiger charge is -2.08. The topological polar surface area (TPSA) is 135 Å². The van der Waals surface area contributed by atoms with Crippen LogP contribution in [0.2, 0.25) is 0 Å². The summed E-state index contributed by atoms with van der Waals surface area (Å²) >= 11 is 0. The highest BCUT2D eigenvalue weighted by Crippen LogP contribution is 2.11. The molecule has 2 aromatic carbocycles. The van der Waals surface area contributed by atoms with Gasteiger partial charge in [-0.25, -0.2) is 9.59 Å². The second-order valence-electron chi connectivity index (χ2n) is 6.00. The molecule has 2 rings (SSSR count). The minimum absolute atomic E-state index is 0.203. The Hall–Kier alpha value is -4.19. The van der Waals surface area contributed by atoms with Crippen molar-refractivity contribution in [1.29, 1.82) is 5.26 Å². The molecule has 0 aliphatic carbocycles. The van der Waals surface area contributed by atoms with E-state index in [1.54, 1.807) is 30.3 Å². The molecular weight excluding hydrogens is 390 g/mol. The molecule has 2 N–H and O–H groups in total. The number of nitrogens with one attached hydrogen (secondary N) is 2. The lowest BCUT2D eigenvalue weighted by molar-refractivity contribution is -0.124. The zero-order valence-corrected chi connectivity index (χ0v) is 16.1. The summed E-state index contributed by atoms with van der Waals surface area (Å²) in [4.78, 5) is 46.6. The fourth-order valence-electron chi connectivity index (χ4n) is 2.31. The van der Waals surface area contributed by atoms with Crippen LogP contribution in [0.4, 0.5) is 5.69 Å². The average molecular weight is 409 g/mol. The Morgan fingerprint density at radius 1 is 0.900 bits per heavy atom. The second-order valence-corrected chi connectivity index (χ2v) is 6.00. The molecule has 0 saturated heterocycles. The number of nitriles is 1. The van der Waals surface area contributed by atoms with Crippen LogP contribution in [0.15, 0.2) is 48.5 Å². The molecule has 0 unspecified atom stereocenters. The van der Waals surface area contributed by atoms with Gasteiger partial charge in [0, 0.05) is 12.2 Å². The molecule has 0 aromatic heterocycles. The molecule has 9 heteroatoms. The number of nitrogens with zero attached hydrogens (tertiary/aromatic N) is 1. The summed E-state index contributed by atoms with van der Waals surface area (Å²) in [5.74, 6) is -2.08.